The highest BCUT2D eigenvalue weighted by Gasteiger charge is 2.24. The predicted molar refractivity (Wildman–Crippen MR) is 122 cm³/mol. The van der Waals surface area contributed by atoms with Crippen LogP contribution in [0.25, 0.3) is 0 Å². The number of aromatic nitrogens is 3. The molecule has 11 nitrogen and oxygen atoms in total. The largest absolute Gasteiger partial charge is 0.486 e. The first-order chi connectivity index (χ1) is 15.7. The highest BCUT2D eigenvalue weighted by atomic mass is 16.5. The molecule has 0 unspecified atom stereocenters. The number of carbonyl (C=O) groups excluding carboxylic acids is 2. The van der Waals surface area contributed by atoms with Gasteiger partial charge in [-0.2, -0.15) is 0 Å². The van der Waals surface area contributed by atoms with Gasteiger partial charge in [0.15, 0.2) is 5.69 Å². The van der Waals surface area contributed by atoms with Crippen LogP contribution in [0, 0.1) is 0 Å². The smallest absolute Gasteiger partial charge is 0.297 e. The molecule has 0 saturated heterocycles. The van der Waals surface area contributed by atoms with Gasteiger partial charge >= 0.3 is 0 Å². The fourth-order valence-electron chi connectivity index (χ4n) is 3.23. The zero-order valence-electron chi connectivity index (χ0n) is 19.2. The minimum atomic E-state index is -0.641. The van der Waals surface area contributed by atoms with Crippen molar-refractivity contribution in [1.29, 1.82) is 0 Å². The SMILES string of the molecule is CCOc1c(C(=O)Nc2cnoc2)nc(N(C)Cc2ccccc2C(=O)N(C)C)n(C)c1=O. The van der Waals surface area contributed by atoms with E-state index < -0.39 is 11.5 Å². The van der Waals surface area contributed by atoms with E-state index in [2.05, 4.69) is 15.5 Å². The normalized spacial score (nSPS) is 10.6. The van der Waals surface area contributed by atoms with Crippen molar-refractivity contribution in [1.82, 2.24) is 19.6 Å². The number of rotatable bonds is 8. The molecule has 2 amide bonds. The fraction of sp³-hybridized carbons (Fsp3) is 0.318. The van der Waals surface area contributed by atoms with E-state index in [1.54, 1.807) is 52.1 Å². The third kappa shape index (κ3) is 5.03. The third-order valence-corrected chi connectivity index (χ3v) is 4.82. The van der Waals surface area contributed by atoms with Crippen LogP contribution in [0.3, 0.4) is 0 Å². The molecule has 1 N–H and O–H groups in total. The summed E-state index contributed by atoms with van der Waals surface area (Å²) in [4.78, 5) is 46.1. The van der Waals surface area contributed by atoms with E-state index >= 15 is 0 Å². The molecule has 33 heavy (non-hydrogen) atoms. The molecule has 0 atom stereocenters. The number of ether oxygens (including phenoxy) is 1. The van der Waals surface area contributed by atoms with E-state index in [1.807, 2.05) is 12.1 Å². The molecule has 174 valence electrons. The lowest BCUT2D eigenvalue weighted by Crippen LogP contribution is -2.33. The van der Waals surface area contributed by atoms with E-state index in [1.165, 1.54) is 21.9 Å². The topological polar surface area (TPSA) is 123 Å². The van der Waals surface area contributed by atoms with Crippen LogP contribution in [0.2, 0.25) is 0 Å². The van der Waals surface area contributed by atoms with E-state index in [0.717, 1.165) is 5.56 Å². The van der Waals surface area contributed by atoms with Crippen LogP contribution >= 0.6 is 0 Å². The second-order valence-electron chi connectivity index (χ2n) is 7.47. The summed E-state index contributed by atoms with van der Waals surface area (Å²) < 4.78 is 11.5. The number of hydrogen-bond donors (Lipinski definition) is 1. The molecule has 0 spiro atoms. The van der Waals surface area contributed by atoms with Gasteiger partial charge < -0.3 is 24.4 Å². The Labute approximate surface area is 190 Å². The van der Waals surface area contributed by atoms with Gasteiger partial charge in [-0.15, -0.1) is 0 Å². The molecule has 2 heterocycles. The summed E-state index contributed by atoms with van der Waals surface area (Å²) >= 11 is 0. The molecule has 0 bridgehead atoms. The zero-order chi connectivity index (χ0) is 24.1. The van der Waals surface area contributed by atoms with Gasteiger partial charge in [-0.05, 0) is 18.6 Å². The van der Waals surface area contributed by atoms with Crippen LogP contribution in [0.5, 0.6) is 5.75 Å². The number of benzene rings is 1. The maximum atomic E-state index is 13.0. The molecule has 0 radical (unpaired) electrons. The van der Waals surface area contributed by atoms with Crippen molar-refractivity contribution < 1.29 is 18.8 Å². The Morgan fingerprint density at radius 2 is 1.94 bits per heavy atom. The molecule has 11 heteroatoms. The number of nitrogens with one attached hydrogen (secondary N) is 1. The first-order valence-corrected chi connectivity index (χ1v) is 10.2. The molecule has 0 saturated carbocycles. The van der Waals surface area contributed by atoms with Crippen LogP contribution in [0.1, 0.15) is 33.3 Å². The lowest BCUT2D eigenvalue weighted by atomic mass is 10.1. The number of nitrogens with zero attached hydrogens (tertiary/aromatic N) is 5. The van der Waals surface area contributed by atoms with Crippen molar-refractivity contribution in [2.45, 2.75) is 13.5 Å². The first-order valence-electron chi connectivity index (χ1n) is 10.2. The zero-order valence-corrected chi connectivity index (χ0v) is 19.2. The summed E-state index contributed by atoms with van der Waals surface area (Å²) in [6, 6.07) is 7.20. The average Bonchev–Trinajstić information content (AvgIpc) is 3.29. The summed E-state index contributed by atoms with van der Waals surface area (Å²) in [6.07, 6.45) is 2.58. The quantitative estimate of drug-likeness (QED) is 0.546. The highest BCUT2D eigenvalue weighted by Crippen LogP contribution is 2.21. The third-order valence-electron chi connectivity index (χ3n) is 4.82. The van der Waals surface area contributed by atoms with Gasteiger partial charge in [0.25, 0.3) is 17.4 Å². The maximum Gasteiger partial charge on any atom is 0.297 e. The van der Waals surface area contributed by atoms with Crippen LogP contribution < -0.4 is 20.5 Å². The van der Waals surface area contributed by atoms with Gasteiger partial charge in [-0.3, -0.25) is 19.0 Å². The Hall–Kier alpha value is -4.15. The molecule has 0 aliphatic heterocycles. The number of carbonyl (C=O) groups is 2. The van der Waals surface area contributed by atoms with Crippen molar-refractivity contribution in [3.63, 3.8) is 0 Å². The van der Waals surface area contributed by atoms with Gasteiger partial charge in [-0.25, -0.2) is 4.98 Å². The van der Waals surface area contributed by atoms with Gasteiger partial charge in [0.2, 0.25) is 11.7 Å². The summed E-state index contributed by atoms with van der Waals surface area (Å²) in [5.74, 6) is -0.709. The van der Waals surface area contributed by atoms with E-state index in [0.29, 0.717) is 11.3 Å². The monoisotopic (exact) mass is 454 g/mol. The van der Waals surface area contributed by atoms with E-state index in [4.69, 9.17) is 9.26 Å². The molecule has 2 aromatic heterocycles. The Morgan fingerprint density at radius 1 is 1.21 bits per heavy atom. The van der Waals surface area contributed by atoms with Crippen LogP contribution in [0.15, 0.2) is 46.0 Å². The number of amides is 2. The average molecular weight is 454 g/mol. The van der Waals surface area contributed by atoms with Crippen molar-refractivity contribution in [2.75, 3.05) is 38.0 Å². The van der Waals surface area contributed by atoms with Crippen molar-refractivity contribution in [3.8, 4) is 5.75 Å². The summed E-state index contributed by atoms with van der Waals surface area (Å²) in [5.41, 5.74) is 0.923. The van der Waals surface area contributed by atoms with Crippen LogP contribution in [-0.4, -0.2) is 59.2 Å². The van der Waals surface area contributed by atoms with Gasteiger partial charge in [0, 0.05) is 40.3 Å². The van der Waals surface area contributed by atoms with E-state index in [9.17, 15) is 14.4 Å². The molecular weight excluding hydrogens is 428 g/mol. The molecule has 3 rings (SSSR count). The summed E-state index contributed by atoms with van der Waals surface area (Å²) in [7, 11) is 6.63. The van der Waals surface area contributed by atoms with Crippen molar-refractivity contribution in [2.24, 2.45) is 7.05 Å². The van der Waals surface area contributed by atoms with Gasteiger partial charge in [-0.1, -0.05) is 23.4 Å². The standard InChI is InChI=1S/C22H26N6O5/c1-6-32-18-17(19(29)24-15-11-23-33-13-15)25-22(28(5)21(18)31)27(4)12-14-9-7-8-10-16(14)20(30)26(2)3/h7-11,13H,6,12H2,1-5H3,(H,24,29). The molecule has 3 aromatic rings. The second kappa shape index (κ2) is 9.98. The lowest BCUT2D eigenvalue weighted by molar-refractivity contribution is 0.0826. The highest BCUT2D eigenvalue weighted by molar-refractivity contribution is 6.04. The van der Waals surface area contributed by atoms with Gasteiger partial charge in [0.05, 0.1) is 12.8 Å². The number of anilines is 2. The fourth-order valence-corrected chi connectivity index (χ4v) is 3.23. The molecule has 0 aliphatic rings. The summed E-state index contributed by atoms with van der Waals surface area (Å²) in [6.45, 7) is 2.16. The summed E-state index contributed by atoms with van der Waals surface area (Å²) in [5, 5.41) is 6.12. The molecule has 0 fully saturated rings. The Bertz CT molecular complexity index is 1200. The maximum absolute atomic E-state index is 13.0. The van der Waals surface area contributed by atoms with Gasteiger partial charge in [0.1, 0.15) is 12.0 Å². The Morgan fingerprint density at radius 3 is 2.58 bits per heavy atom. The molecule has 0 aliphatic carbocycles. The van der Waals surface area contributed by atoms with E-state index in [-0.39, 0.29) is 36.5 Å². The minimum absolute atomic E-state index is 0.138. The predicted octanol–water partition coefficient (Wildman–Crippen LogP) is 1.76. The molecular formula is C22H26N6O5. The Kier molecular flexibility index (Phi) is 7.11. The minimum Gasteiger partial charge on any atom is -0.486 e. The number of hydrogen-bond acceptors (Lipinski definition) is 8. The molecule has 1 aromatic carbocycles. The second-order valence-corrected chi connectivity index (χ2v) is 7.47. The van der Waals surface area contributed by atoms with Crippen LogP contribution in [-0.2, 0) is 13.6 Å². The van der Waals surface area contributed by atoms with Crippen molar-refractivity contribution in [3.05, 3.63) is 63.9 Å². The first kappa shape index (κ1) is 23.5. The van der Waals surface area contributed by atoms with Crippen molar-refractivity contribution >= 4 is 23.5 Å². The lowest BCUT2D eigenvalue weighted by Gasteiger charge is -2.23. The van der Waals surface area contributed by atoms with Crippen LogP contribution in [0.4, 0.5) is 11.6 Å². The Balaban J connectivity index is 2.01.